The molecule has 0 aliphatic heterocycles. The summed E-state index contributed by atoms with van der Waals surface area (Å²) in [6, 6.07) is 7.85. The lowest BCUT2D eigenvalue weighted by molar-refractivity contribution is 0.403. The Labute approximate surface area is 128 Å². The molecule has 1 N–H and O–H groups in total. The Morgan fingerprint density at radius 1 is 1.10 bits per heavy atom. The van der Waals surface area contributed by atoms with E-state index in [1.165, 1.54) is 25.7 Å². The van der Waals surface area contributed by atoms with Crippen molar-refractivity contribution in [2.45, 2.75) is 39.5 Å². The molecule has 0 aliphatic carbocycles. The van der Waals surface area contributed by atoms with Gasteiger partial charge >= 0.3 is 0 Å². The molecule has 0 unspecified atom stereocenters. The maximum Gasteiger partial charge on any atom is 0.173 e. The fourth-order valence-electron chi connectivity index (χ4n) is 1.89. The fraction of sp³-hybridized carbons (Fsp3) is 0.562. The predicted octanol–water partition coefficient (Wildman–Crippen LogP) is 4.29. The molecule has 0 spiro atoms. The molecule has 3 nitrogen and oxygen atoms in total. The van der Waals surface area contributed by atoms with Gasteiger partial charge in [-0.1, -0.05) is 26.7 Å². The average Bonchev–Trinajstić information content (AvgIpc) is 2.48. The first kappa shape index (κ1) is 16.8. The Bertz CT molecular complexity index is 384. The summed E-state index contributed by atoms with van der Waals surface area (Å²) in [6.45, 7) is 6.47. The minimum Gasteiger partial charge on any atom is -0.497 e. The Morgan fingerprint density at radius 2 is 1.65 bits per heavy atom. The third-order valence-electron chi connectivity index (χ3n) is 3.19. The minimum atomic E-state index is 0.817. The maximum atomic E-state index is 5.53. The largest absolute Gasteiger partial charge is 0.497 e. The molecule has 0 bridgehead atoms. The Kier molecular flexibility index (Phi) is 8.04. The molecule has 112 valence electrons. The van der Waals surface area contributed by atoms with E-state index < -0.39 is 0 Å². The highest BCUT2D eigenvalue weighted by Crippen LogP contribution is 2.15. The third kappa shape index (κ3) is 5.78. The number of nitrogens with one attached hydrogen (secondary N) is 1. The summed E-state index contributed by atoms with van der Waals surface area (Å²) in [5.74, 6) is 0.857. The van der Waals surface area contributed by atoms with Crippen molar-refractivity contribution in [2.75, 3.05) is 25.5 Å². The second-order valence-electron chi connectivity index (χ2n) is 4.85. The molecule has 1 rings (SSSR count). The molecule has 1 aromatic rings. The quantitative estimate of drug-likeness (QED) is 0.723. The monoisotopic (exact) mass is 294 g/mol. The van der Waals surface area contributed by atoms with Crippen molar-refractivity contribution in [3.8, 4) is 5.75 Å². The number of nitrogens with zero attached hydrogens (tertiary/aromatic N) is 1. The highest BCUT2D eigenvalue weighted by atomic mass is 32.1. The molecule has 0 aromatic heterocycles. The van der Waals surface area contributed by atoms with Gasteiger partial charge in [0.25, 0.3) is 0 Å². The number of ether oxygens (including phenoxy) is 1. The van der Waals surface area contributed by atoms with Gasteiger partial charge in [-0.2, -0.15) is 0 Å². The van der Waals surface area contributed by atoms with Crippen LogP contribution in [-0.2, 0) is 0 Å². The average molecular weight is 294 g/mol. The summed E-state index contributed by atoms with van der Waals surface area (Å²) >= 11 is 5.53. The zero-order chi connectivity index (χ0) is 14.8. The van der Waals surface area contributed by atoms with Gasteiger partial charge in [0.05, 0.1) is 7.11 Å². The van der Waals surface area contributed by atoms with Gasteiger partial charge in [0, 0.05) is 18.8 Å². The standard InChI is InChI=1S/C16H26N2OS/c1-4-6-12-18(13-7-5-2)16(20)17-14-8-10-15(19-3)11-9-14/h8-11H,4-7,12-13H2,1-3H3,(H,17,20). The van der Waals surface area contributed by atoms with E-state index in [-0.39, 0.29) is 0 Å². The molecule has 20 heavy (non-hydrogen) atoms. The van der Waals surface area contributed by atoms with Crippen LogP contribution >= 0.6 is 12.2 Å². The van der Waals surface area contributed by atoms with E-state index in [9.17, 15) is 0 Å². The van der Waals surface area contributed by atoms with E-state index in [2.05, 4.69) is 24.1 Å². The summed E-state index contributed by atoms with van der Waals surface area (Å²) in [5.41, 5.74) is 1.01. The Balaban J connectivity index is 2.58. The van der Waals surface area contributed by atoms with E-state index in [0.717, 1.165) is 29.6 Å². The SMILES string of the molecule is CCCCN(CCCC)C(=S)Nc1ccc(OC)cc1. The number of methoxy groups -OCH3 is 1. The summed E-state index contributed by atoms with van der Waals surface area (Å²) in [6.07, 6.45) is 4.73. The van der Waals surface area contributed by atoms with Crippen molar-refractivity contribution in [2.24, 2.45) is 0 Å². The van der Waals surface area contributed by atoms with Crippen LogP contribution in [0.2, 0.25) is 0 Å². The molecule has 0 radical (unpaired) electrons. The van der Waals surface area contributed by atoms with Gasteiger partial charge in [-0.15, -0.1) is 0 Å². The lowest BCUT2D eigenvalue weighted by Gasteiger charge is -2.25. The molecule has 0 fully saturated rings. The van der Waals surface area contributed by atoms with E-state index in [1.54, 1.807) is 7.11 Å². The van der Waals surface area contributed by atoms with Crippen LogP contribution in [-0.4, -0.2) is 30.2 Å². The predicted molar refractivity (Wildman–Crippen MR) is 90.6 cm³/mol. The molecule has 1 aromatic carbocycles. The summed E-state index contributed by atoms with van der Waals surface area (Å²) in [5, 5.41) is 4.13. The molecule has 4 heteroatoms. The Morgan fingerprint density at radius 3 is 2.10 bits per heavy atom. The summed E-state index contributed by atoms with van der Waals surface area (Å²) in [7, 11) is 1.67. The lowest BCUT2D eigenvalue weighted by Crippen LogP contribution is -2.36. The van der Waals surface area contributed by atoms with Crippen LogP contribution in [0, 0.1) is 0 Å². The third-order valence-corrected chi connectivity index (χ3v) is 3.55. The topological polar surface area (TPSA) is 24.5 Å². The molecule has 0 saturated carbocycles. The zero-order valence-electron chi connectivity index (χ0n) is 12.8. The molecular weight excluding hydrogens is 268 g/mol. The number of hydrogen-bond acceptors (Lipinski definition) is 2. The van der Waals surface area contributed by atoms with Gasteiger partial charge in [-0.3, -0.25) is 0 Å². The van der Waals surface area contributed by atoms with E-state index in [4.69, 9.17) is 17.0 Å². The fourth-order valence-corrected chi connectivity index (χ4v) is 2.19. The van der Waals surface area contributed by atoms with Crippen LogP contribution in [0.5, 0.6) is 5.75 Å². The van der Waals surface area contributed by atoms with Crippen molar-refractivity contribution < 1.29 is 4.74 Å². The normalized spacial score (nSPS) is 10.2. The highest BCUT2D eigenvalue weighted by Gasteiger charge is 2.08. The Hall–Kier alpha value is -1.29. The van der Waals surface area contributed by atoms with Crippen molar-refractivity contribution in [3.63, 3.8) is 0 Å². The molecule has 0 aliphatic rings. The summed E-state index contributed by atoms with van der Waals surface area (Å²) in [4.78, 5) is 2.27. The van der Waals surface area contributed by atoms with E-state index in [0.29, 0.717) is 0 Å². The van der Waals surface area contributed by atoms with Gasteiger partial charge in [0.15, 0.2) is 5.11 Å². The first-order valence-electron chi connectivity index (χ1n) is 7.41. The van der Waals surface area contributed by atoms with Gasteiger partial charge < -0.3 is 15.0 Å². The number of hydrogen-bond donors (Lipinski definition) is 1. The first-order valence-corrected chi connectivity index (χ1v) is 7.82. The summed E-state index contributed by atoms with van der Waals surface area (Å²) < 4.78 is 5.16. The smallest absolute Gasteiger partial charge is 0.173 e. The second-order valence-corrected chi connectivity index (χ2v) is 5.24. The molecule has 0 amide bonds. The number of thiocarbonyl (C=S) groups is 1. The number of anilines is 1. The van der Waals surface area contributed by atoms with Gasteiger partial charge in [0.1, 0.15) is 5.75 Å². The molecular formula is C16H26N2OS. The minimum absolute atomic E-state index is 0.817. The highest BCUT2D eigenvalue weighted by molar-refractivity contribution is 7.80. The molecule has 0 atom stereocenters. The van der Waals surface area contributed by atoms with Crippen molar-refractivity contribution >= 4 is 23.0 Å². The zero-order valence-corrected chi connectivity index (χ0v) is 13.6. The second kappa shape index (κ2) is 9.59. The molecule has 0 saturated heterocycles. The van der Waals surface area contributed by atoms with Crippen LogP contribution in [0.4, 0.5) is 5.69 Å². The van der Waals surface area contributed by atoms with Gasteiger partial charge in [-0.05, 0) is 49.3 Å². The lowest BCUT2D eigenvalue weighted by atomic mass is 10.2. The van der Waals surface area contributed by atoms with Crippen molar-refractivity contribution in [1.29, 1.82) is 0 Å². The van der Waals surface area contributed by atoms with Crippen molar-refractivity contribution in [1.82, 2.24) is 4.90 Å². The van der Waals surface area contributed by atoms with Crippen LogP contribution in [0.25, 0.3) is 0 Å². The molecule has 0 heterocycles. The van der Waals surface area contributed by atoms with Crippen LogP contribution in [0.1, 0.15) is 39.5 Å². The van der Waals surface area contributed by atoms with Gasteiger partial charge in [-0.25, -0.2) is 0 Å². The van der Waals surface area contributed by atoms with Crippen molar-refractivity contribution in [3.05, 3.63) is 24.3 Å². The van der Waals surface area contributed by atoms with Crippen LogP contribution < -0.4 is 10.1 Å². The number of rotatable bonds is 8. The maximum absolute atomic E-state index is 5.53. The number of unbranched alkanes of at least 4 members (excludes halogenated alkanes) is 2. The van der Waals surface area contributed by atoms with Gasteiger partial charge in [0.2, 0.25) is 0 Å². The van der Waals surface area contributed by atoms with Crippen LogP contribution in [0.15, 0.2) is 24.3 Å². The first-order chi connectivity index (χ1) is 9.71. The van der Waals surface area contributed by atoms with E-state index in [1.807, 2.05) is 24.3 Å². The number of benzene rings is 1. The van der Waals surface area contributed by atoms with E-state index >= 15 is 0 Å². The van der Waals surface area contributed by atoms with Crippen LogP contribution in [0.3, 0.4) is 0 Å².